The minimum atomic E-state index is -0.0363. The quantitative estimate of drug-likeness (QED) is 0.757. The first-order valence-corrected chi connectivity index (χ1v) is 5.79. The molecule has 4 nitrogen and oxygen atoms in total. The van der Waals surface area contributed by atoms with Gasteiger partial charge in [-0.3, -0.25) is 4.79 Å². The molecule has 1 aromatic carbocycles. The smallest absolute Gasteiger partial charge is 0.253 e. The number of hydrogen-bond donors (Lipinski definition) is 2. The summed E-state index contributed by atoms with van der Waals surface area (Å²) in [5.74, 6) is -0.0363. The van der Waals surface area contributed by atoms with Gasteiger partial charge < -0.3 is 15.3 Å². The molecule has 0 radical (unpaired) electrons. The normalized spacial score (nSPS) is 10.3. The number of benzene rings is 1. The topological polar surface area (TPSA) is 52.6 Å². The summed E-state index contributed by atoms with van der Waals surface area (Å²) < 4.78 is 0. The van der Waals surface area contributed by atoms with Crippen LogP contribution >= 0.6 is 0 Å². The van der Waals surface area contributed by atoms with E-state index in [1.54, 1.807) is 7.05 Å². The second kappa shape index (κ2) is 7.04. The fourth-order valence-corrected chi connectivity index (χ4v) is 1.66. The third-order valence-electron chi connectivity index (χ3n) is 2.67. The van der Waals surface area contributed by atoms with E-state index in [0.717, 1.165) is 24.1 Å². The molecule has 0 heterocycles. The first-order valence-electron chi connectivity index (χ1n) is 5.79. The molecular weight excluding hydrogens is 216 g/mol. The average molecular weight is 236 g/mol. The lowest BCUT2D eigenvalue weighted by molar-refractivity contribution is 0.0766. The van der Waals surface area contributed by atoms with Gasteiger partial charge in [0.25, 0.3) is 5.91 Å². The molecule has 0 atom stereocenters. The second-order valence-electron chi connectivity index (χ2n) is 3.96. The predicted octanol–water partition coefficient (Wildman–Crippen LogP) is 0.513. The molecule has 0 saturated heterocycles. The van der Waals surface area contributed by atoms with Crippen molar-refractivity contribution in [1.29, 1.82) is 0 Å². The summed E-state index contributed by atoms with van der Waals surface area (Å²) in [6.45, 7) is 1.19. The van der Waals surface area contributed by atoms with Gasteiger partial charge in [-0.05, 0) is 31.6 Å². The minimum Gasteiger partial charge on any atom is -0.395 e. The van der Waals surface area contributed by atoms with E-state index in [0.29, 0.717) is 6.54 Å². The van der Waals surface area contributed by atoms with Crippen LogP contribution in [-0.2, 0) is 6.42 Å². The number of carbonyl (C=O) groups excluding carboxylic acids is 1. The molecule has 0 spiro atoms. The molecule has 0 bridgehead atoms. The maximum Gasteiger partial charge on any atom is 0.253 e. The molecule has 0 aliphatic rings. The van der Waals surface area contributed by atoms with Crippen LogP contribution in [0.5, 0.6) is 0 Å². The molecule has 17 heavy (non-hydrogen) atoms. The molecule has 0 unspecified atom stereocenters. The highest BCUT2D eigenvalue weighted by Crippen LogP contribution is 2.11. The molecule has 0 aliphatic carbocycles. The molecule has 1 amide bonds. The van der Waals surface area contributed by atoms with Crippen LogP contribution < -0.4 is 5.32 Å². The largest absolute Gasteiger partial charge is 0.395 e. The van der Waals surface area contributed by atoms with E-state index in [-0.39, 0.29) is 12.5 Å². The number of aliphatic hydroxyl groups is 1. The lowest BCUT2D eigenvalue weighted by Gasteiger charge is -2.17. The van der Waals surface area contributed by atoms with Crippen LogP contribution in [0.3, 0.4) is 0 Å². The Morgan fingerprint density at radius 3 is 2.76 bits per heavy atom. The van der Waals surface area contributed by atoms with Gasteiger partial charge >= 0.3 is 0 Å². The summed E-state index contributed by atoms with van der Waals surface area (Å²) >= 11 is 0. The van der Waals surface area contributed by atoms with Crippen molar-refractivity contribution < 1.29 is 9.90 Å². The number of nitrogens with one attached hydrogen (secondary N) is 1. The monoisotopic (exact) mass is 236 g/mol. The third kappa shape index (κ3) is 3.84. The van der Waals surface area contributed by atoms with Crippen LogP contribution in [0.15, 0.2) is 24.3 Å². The fraction of sp³-hybridized carbons (Fsp3) is 0.462. The summed E-state index contributed by atoms with van der Waals surface area (Å²) in [7, 11) is 3.59. The fourth-order valence-electron chi connectivity index (χ4n) is 1.66. The van der Waals surface area contributed by atoms with E-state index in [1.165, 1.54) is 4.90 Å². The molecule has 0 saturated carbocycles. The number of carbonyl (C=O) groups is 1. The Bertz CT molecular complexity index is 366. The first-order chi connectivity index (χ1) is 8.20. The maximum atomic E-state index is 12.1. The van der Waals surface area contributed by atoms with Gasteiger partial charge in [0, 0.05) is 19.2 Å². The van der Waals surface area contributed by atoms with Crippen LogP contribution in [0, 0.1) is 0 Å². The van der Waals surface area contributed by atoms with Gasteiger partial charge in [-0.25, -0.2) is 0 Å². The zero-order valence-corrected chi connectivity index (χ0v) is 10.4. The van der Waals surface area contributed by atoms with E-state index in [1.807, 2.05) is 31.3 Å². The molecule has 94 valence electrons. The van der Waals surface area contributed by atoms with E-state index in [9.17, 15) is 4.79 Å². The third-order valence-corrected chi connectivity index (χ3v) is 2.67. The Morgan fingerprint density at radius 2 is 2.12 bits per heavy atom. The molecule has 1 aromatic rings. The highest BCUT2D eigenvalue weighted by atomic mass is 16.3. The zero-order valence-electron chi connectivity index (χ0n) is 10.4. The maximum absolute atomic E-state index is 12.1. The lowest BCUT2D eigenvalue weighted by atomic mass is 10.0. The van der Waals surface area contributed by atoms with E-state index in [4.69, 9.17) is 5.11 Å². The number of likely N-dealkylation sites (N-methyl/N-ethyl adjacent to an activating group) is 2. The van der Waals surface area contributed by atoms with Crippen molar-refractivity contribution in [3.8, 4) is 0 Å². The second-order valence-corrected chi connectivity index (χ2v) is 3.96. The highest BCUT2D eigenvalue weighted by Gasteiger charge is 2.14. The van der Waals surface area contributed by atoms with Gasteiger partial charge in [0.05, 0.1) is 6.61 Å². The molecule has 0 fully saturated rings. The average Bonchev–Trinajstić information content (AvgIpc) is 2.36. The Balaban J connectivity index is 2.84. The Morgan fingerprint density at radius 1 is 1.41 bits per heavy atom. The van der Waals surface area contributed by atoms with E-state index in [2.05, 4.69) is 5.32 Å². The molecule has 0 aliphatic heterocycles. The van der Waals surface area contributed by atoms with E-state index >= 15 is 0 Å². The minimum absolute atomic E-state index is 0.0130. The SMILES string of the molecule is CNCCc1ccccc1C(=O)N(C)CCO. The molecule has 2 N–H and O–H groups in total. The summed E-state index contributed by atoms with van der Waals surface area (Å²) in [6.07, 6.45) is 0.825. The van der Waals surface area contributed by atoms with Crippen molar-refractivity contribution in [2.45, 2.75) is 6.42 Å². The first kappa shape index (κ1) is 13.7. The number of hydrogen-bond acceptors (Lipinski definition) is 3. The zero-order chi connectivity index (χ0) is 12.7. The van der Waals surface area contributed by atoms with Crippen molar-refractivity contribution in [3.05, 3.63) is 35.4 Å². The highest BCUT2D eigenvalue weighted by molar-refractivity contribution is 5.95. The van der Waals surface area contributed by atoms with Crippen molar-refractivity contribution >= 4 is 5.91 Å². The van der Waals surface area contributed by atoms with Gasteiger partial charge in [-0.15, -0.1) is 0 Å². The molecule has 4 heteroatoms. The predicted molar refractivity (Wildman–Crippen MR) is 68.1 cm³/mol. The van der Waals surface area contributed by atoms with Crippen LogP contribution in [-0.4, -0.2) is 49.7 Å². The van der Waals surface area contributed by atoms with Crippen LogP contribution in [0.4, 0.5) is 0 Å². The number of amides is 1. The molecular formula is C13H20N2O2. The van der Waals surface area contributed by atoms with Gasteiger partial charge in [0.15, 0.2) is 0 Å². The van der Waals surface area contributed by atoms with Crippen LogP contribution in [0.25, 0.3) is 0 Å². The number of rotatable bonds is 6. The number of aliphatic hydroxyl groups excluding tert-OH is 1. The standard InChI is InChI=1S/C13H20N2O2/c1-14-8-7-11-5-3-4-6-12(11)13(17)15(2)9-10-16/h3-6,14,16H,7-10H2,1-2H3. The molecule has 0 aromatic heterocycles. The van der Waals surface area contributed by atoms with Gasteiger partial charge in [0.2, 0.25) is 0 Å². The van der Waals surface area contributed by atoms with Crippen molar-refractivity contribution in [1.82, 2.24) is 10.2 Å². The van der Waals surface area contributed by atoms with E-state index < -0.39 is 0 Å². The van der Waals surface area contributed by atoms with Gasteiger partial charge in [-0.2, -0.15) is 0 Å². The summed E-state index contributed by atoms with van der Waals surface area (Å²) in [4.78, 5) is 13.7. The Labute approximate surface area is 102 Å². The van der Waals surface area contributed by atoms with Gasteiger partial charge in [-0.1, -0.05) is 18.2 Å². The molecule has 1 rings (SSSR count). The van der Waals surface area contributed by atoms with Crippen molar-refractivity contribution in [2.24, 2.45) is 0 Å². The summed E-state index contributed by atoms with van der Waals surface area (Å²) in [5.41, 5.74) is 1.76. The van der Waals surface area contributed by atoms with Gasteiger partial charge in [0.1, 0.15) is 0 Å². The Kier molecular flexibility index (Phi) is 5.66. The lowest BCUT2D eigenvalue weighted by Crippen LogP contribution is -2.30. The Hall–Kier alpha value is -1.39. The van der Waals surface area contributed by atoms with Crippen LogP contribution in [0.1, 0.15) is 15.9 Å². The number of nitrogens with zero attached hydrogens (tertiary/aromatic N) is 1. The van der Waals surface area contributed by atoms with Crippen LogP contribution in [0.2, 0.25) is 0 Å². The van der Waals surface area contributed by atoms with Crippen molar-refractivity contribution in [2.75, 3.05) is 33.8 Å². The summed E-state index contributed by atoms with van der Waals surface area (Å²) in [6, 6.07) is 7.61. The summed E-state index contributed by atoms with van der Waals surface area (Å²) in [5, 5.41) is 11.9. The van der Waals surface area contributed by atoms with Crippen molar-refractivity contribution in [3.63, 3.8) is 0 Å².